The number of aromatic nitrogens is 2. The molecule has 2 aromatic rings. The number of rotatable bonds is 7. The second-order valence-electron chi connectivity index (χ2n) is 5.04. The summed E-state index contributed by atoms with van der Waals surface area (Å²) in [4.78, 5) is 12.4. The topological polar surface area (TPSA) is 56.2 Å². The van der Waals surface area contributed by atoms with Gasteiger partial charge in [0.2, 0.25) is 5.88 Å². The molecular formula is C16H19F2N3O2. The Morgan fingerprint density at radius 3 is 2.70 bits per heavy atom. The number of nitrogens with zero attached hydrogens (tertiary/aromatic N) is 2. The summed E-state index contributed by atoms with van der Waals surface area (Å²) >= 11 is 0. The highest BCUT2D eigenvalue weighted by Gasteiger charge is 2.18. The van der Waals surface area contributed by atoms with E-state index in [1.54, 1.807) is 10.9 Å². The Morgan fingerprint density at radius 2 is 2.04 bits per heavy atom. The Morgan fingerprint density at radius 1 is 1.26 bits per heavy atom. The van der Waals surface area contributed by atoms with Crippen molar-refractivity contribution in [1.29, 1.82) is 0 Å². The number of nitrogens with one attached hydrogen (secondary N) is 1. The number of anilines is 1. The van der Waals surface area contributed by atoms with E-state index in [0.29, 0.717) is 13.2 Å². The number of hydrogen-bond donors (Lipinski definition) is 1. The van der Waals surface area contributed by atoms with E-state index < -0.39 is 17.5 Å². The third-order valence-corrected chi connectivity index (χ3v) is 3.05. The van der Waals surface area contributed by atoms with Gasteiger partial charge in [-0.25, -0.2) is 8.78 Å². The van der Waals surface area contributed by atoms with Crippen LogP contribution in [-0.4, -0.2) is 22.3 Å². The molecule has 0 radical (unpaired) electrons. The van der Waals surface area contributed by atoms with Gasteiger partial charge in [0.05, 0.1) is 6.61 Å². The molecule has 0 saturated carbocycles. The fourth-order valence-electron chi connectivity index (χ4n) is 1.98. The minimum absolute atomic E-state index is 0.165. The maximum absolute atomic E-state index is 13.2. The van der Waals surface area contributed by atoms with Gasteiger partial charge in [-0.1, -0.05) is 13.8 Å². The largest absolute Gasteiger partial charge is 0.476 e. The molecule has 1 heterocycles. The Balaban J connectivity index is 2.20. The Hall–Kier alpha value is -2.44. The summed E-state index contributed by atoms with van der Waals surface area (Å²) in [6, 6.07) is 3.18. The van der Waals surface area contributed by atoms with Crippen LogP contribution >= 0.6 is 0 Å². The first-order valence-electron chi connectivity index (χ1n) is 7.51. The lowest BCUT2D eigenvalue weighted by molar-refractivity contribution is 0.102. The molecule has 7 heteroatoms. The van der Waals surface area contributed by atoms with Crippen LogP contribution in [-0.2, 0) is 6.54 Å². The predicted octanol–water partition coefficient (Wildman–Crippen LogP) is 3.61. The Bertz CT molecular complexity index is 686. The van der Waals surface area contributed by atoms with Crippen LogP contribution in [0, 0.1) is 11.6 Å². The molecule has 1 N–H and O–H groups in total. The molecule has 0 saturated heterocycles. The van der Waals surface area contributed by atoms with Gasteiger partial charge in [-0.3, -0.25) is 9.48 Å². The lowest BCUT2D eigenvalue weighted by Gasteiger charge is -2.06. The molecule has 0 aliphatic heterocycles. The molecule has 1 aromatic carbocycles. The van der Waals surface area contributed by atoms with E-state index in [9.17, 15) is 13.6 Å². The predicted molar refractivity (Wildman–Crippen MR) is 82.6 cm³/mol. The molecule has 0 spiro atoms. The molecular weight excluding hydrogens is 304 g/mol. The number of carbonyl (C=O) groups excluding carboxylic acids is 1. The van der Waals surface area contributed by atoms with Crippen molar-refractivity contribution in [2.45, 2.75) is 33.2 Å². The second-order valence-corrected chi connectivity index (χ2v) is 5.04. The quantitative estimate of drug-likeness (QED) is 0.847. The minimum Gasteiger partial charge on any atom is -0.476 e. The molecule has 124 valence electrons. The van der Waals surface area contributed by atoms with Crippen LogP contribution in [0.5, 0.6) is 5.88 Å². The van der Waals surface area contributed by atoms with E-state index in [4.69, 9.17) is 4.74 Å². The Kier molecular flexibility index (Phi) is 5.67. The van der Waals surface area contributed by atoms with Crippen LogP contribution in [0.4, 0.5) is 14.5 Å². The summed E-state index contributed by atoms with van der Waals surface area (Å²) in [5.74, 6) is -2.23. The number of amides is 1. The van der Waals surface area contributed by atoms with Crippen LogP contribution in [0.25, 0.3) is 0 Å². The first-order chi connectivity index (χ1) is 11.0. The van der Waals surface area contributed by atoms with E-state index >= 15 is 0 Å². The molecule has 0 aliphatic rings. The number of aryl methyl sites for hydroxylation is 1. The zero-order valence-corrected chi connectivity index (χ0v) is 13.1. The fourth-order valence-corrected chi connectivity index (χ4v) is 1.98. The third kappa shape index (κ3) is 4.28. The van der Waals surface area contributed by atoms with Crippen LogP contribution in [0.2, 0.25) is 0 Å². The van der Waals surface area contributed by atoms with Crippen molar-refractivity contribution in [2.75, 3.05) is 11.9 Å². The lowest BCUT2D eigenvalue weighted by Crippen LogP contribution is -2.13. The van der Waals surface area contributed by atoms with Crippen molar-refractivity contribution in [1.82, 2.24) is 9.78 Å². The number of carbonyl (C=O) groups is 1. The molecule has 0 atom stereocenters. The van der Waals surface area contributed by atoms with Crippen LogP contribution in [0.3, 0.4) is 0 Å². The molecule has 1 aromatic heterocycles. The van der Waals surface area contributed by atoms with Crippen molar-refractivity contribution in [2.24, 2.45) is 0 Å². The monoisotopic (exact) mass is 323 g/mol. The van der Waals surface area contributed by atoms with Crippen molar-refractivity contribution < 1.29 is 18.3 Å². The number of benzene rings is 1. The number of hydrogen-bond acceptors (Lipinski definition) is 3. The number of ether oxygens (including phenoxy) is 1. The van der Waals surface area contributed by atoms with Gasteiger partial charge in [-0.2, -0.15) is 0 Å². The first kappa shape index (κ1) is 16.9. The molecule has 2 rings (SSSR count). The maximum Gasteiger partial charge on any atom is 0.262 e. The van der Waals surface area contributed by atoms with Crippen LogP contribution in [0.15, 0.2) is 24.4 Å². The van der Waals surface area contributed by atoms with Gasteiger partial charge in [-0.15, -0.1) is 5.10 Å². The zero-order chi connectivity index (χ0) is 16.8. The highest BCUT2D eigenvalue weighted by molar-refractivity contribution is 6.05. The van der Waals surface area contributed by atoms with Gasteiger partial charge < -0.3 is 10.1 Å². The van der Waals surface area contributed by atoms with Crippen molar-refractivity contribution in [3.8, 4) is 5.88 Å². The maximum atomic E-state index is 13.2. The molecule has 0 unspecified atom stereocenters. The standard InChI is InChI=1S/C16H19F2N3O2/c1-3-7-21-10-12(16(20-21)23-8-4-2)15(22)19-11-5-6-13(17)14(18)9-11/h5-6,9-10H,3-4,7-8H2,1-2H3,(H,19,22). The summed E-state index contributed by atoms with van der Waals surface area (Å²) in [7, 11) is 0. The zero-order valence-electron chi connectivity index (χ0n) is 13.1. The van der Waals surface area contributed by atoms with E-state index in [-0.39, 0.29) is 17.1 Å². The summed E-state index contributed by atoms with van der Waals surface area (Å²) in [5.41, 5.74) is 0.426. The number of halogens is 2. The van der Waals surface area contributed by atoms with Gasteiger partial charge in [0.15, 0.2) is 11.6 Å². The normalized spacial score (nSPS) is 10.6. The van der Waals surface area contributed by atoms with E-state index in [2.05, 4.69) is 10.4 Å². The fraction of sp³-hybridized carbons (Fsp3) is 0.375. The SMILES string of the molecule is CCCOc1nn(CCC)cc1C(=O)Nc1ccc(F)c(F)c1. The molecule has 0 fully saturated rings. The second kappa shape index (κ2) is 7.71. The molecule has 5 nitrogen and oxygen atoms in total. The average Bonchev–Trinajstić information content (AvgIpc) is 2.92. The van der Waals surface area contributed by atoms with E-state index in [1.165, 1.54) is 6.07 Å². The summed E-state index contributed by atoms with van der Waals surface area (Å²) in [5, 5.41) is 6.75. The summed E-state index contributed by atoms with van der Waals surface area (Å²) < 4.78 is 33.3. The summed E-state index contributed by atoms with van der Waals surface area (Å²) in [6.07, 6.45) is 3.23. The van der Waals surface area contributed by atoms with Gasteiger partial charge in [0.1, 0.15) is 5.56 Å². The van der Waals surface area contributed by atoms with Gasteiger partial charge in [0.25, 0.3) is 5.91 Å². The van der Waals surface area contributed by atoms with Crippen LogP contribution in [0.1, 0.15) is 37.0 Å². The molecule has 0 aliphatic carbocycles. The minimum atomic E-state index is -1.02. The first-order valence-corrected chi connectivity index (χ1v) is 7.51. The van der Waals surface area contributed by atoms with Crippen molar-refractivity contribution in [3.63, 3.8) is 0 Å². The van der Waals surface area contributed by atoms with E-state index in [1.807, 2.05) is 13.8 Å². The summed E-state index contributed by atoms with van der Waals surface area (Å²) in [6.45, 7) is 5.04. The Labute approximate surface area is 133 Å². The highest BCUT2D eigenvalue weighted by atomic mass is 19.2. The van der Waals surface area contributed by atoms with Crippen molar-refractivity contribution in [3.05, 3.63) is 41.6 Å². The van der Waals surface area contributed by atoms with Gasteiger partial charge in [-0.05, 0) is 25.0 Å². The lowest BCUT2D eigenvalue weighted by atomic mass is 10.2. The van der Waals surface area contributed by atoms with Gasteiger partial charge >= 0.3 is 0 Å². The molecule has 1 amide bonds. The average molecular weight is 323 g/mol. The van der Waals surface area contributed by atoms with E-state index in [0.717, 1.165) is 25.0 Å². The molecule has 0 bridgehead atoms. The third-order valence-electron chi connectivity index (χ3n) is 3.05. The van der Waals surface area contributed by atoms with Crippen molar-refractivity contribution >= 4 is 11.6 Å². The molecule has 23 heavy (non-hydrogen) atoms. The van der Waals surface area contributed by atoms with Gasteiger partial charge in [0, 0.05) is 24.5 Å². The van der Waals surface area contributed by atoms with Crippen LogP contribution < -0.4 is 10.1 Å². The highest BCUT2D eigenvalue weighted by Crippen LogP contribution is 2.20. The smallest absolute Gasteiger partial charge is 0.262 e.